The quantitative estimate of drug-likeness (QED) is 0.0645. The van der Waals surface area contributed by atoms with Crippen molar-refractivity contribution >= 4 is 101 Å². The highest BCUT2D eigenvalue weighted by Gasteiger charge is 2.35. The van der Waals surface area contributed by atoms with Gasteiger partial charge in [-0.2, -0.15) is 0 Å². The number of nitrogens with zero attached hydrogens (tertiary/aromatic N) is 2. The molecule has 0 bridgehead atoms. The Balaban J connectivity index is 1.09. The van der Waals surface area contributed by atoms with E-state index in [0.717, 1.165) is 77.9 Å². The van der Waals surface area contributed by atoms with Crippen LogP contribution in [0, 0.1) is 0 Å². The van der Waals surface area contributed by atoms with Crippen LogP contribution in [0.25, 0.3) is 65.3 Å². The minimum Gasteiger partial charge on any atom is -0.386 e. The van der Waals surface area contributed by atoms with Crippen LogP contribution >= 0.6 is 0 Å². The number of cyclic esters (lactones) is 4. The van der Waals surface area contributed by atoms with Crippen LogP contribution in [0.5, 0.6) is 0 Å². The van der Waals surface area contributed by atoms with Crippen LogP contribution in [0.2, 0.25) is 0 Å². The average molecular weight is 879 g/mol. The number of esters is 4. The van der Waals surface area contributed by atoms with Crippen LogP contribution in [0.1, 0.15) is 41.4 Å². The zero-order valence-electron chi connectivity index (χ0n) is 36.0. The first-order valence-corrected chi connectivity index (χ1v) is 22.2. The number of anilines is 6. The molecule has 0 saturated heterocycles. The Morgan fingerprint density at radius 2 is 0.544 bits per heavy atom. The van der Waals surface area contributed by atoms with E-state index < -0.39 is 23.9 Å². The maximum atomic E-state index is 13.9. The third-order valence-corrected chi connectivity index (χ3v) is 13.3. The maximum Gasteiger partial charge on any atom is 0.346 e. The number of hydrogen-bond donors (Lipinski definition) is 0. The van der Waals surface area contributed by atoms with Crippen molar-refractivity contribution in [2.45, 2.75) is 0 Å². The molecule has 0 amide bonds. The van der Waals surface area contributed by atoms with Gasteiger partial charge in [0.2, 0.25) is 0 Å². The van der Waals surface area contributed by atoms with E-state index in [4.69, 9.17) is 9.47 Å². The molecule has 13 rings (SSSR count). The molecule has 2 heterocycles. The van der Waals surface area contributed by atoms with Gasteiger partial charge in [-0.3, -0.25) is 0 Å². The normalized spacial score (nSPS) is 13.1. The van der Waals surface area contributed by atoms with E-state index in [-0.39, 0.29) is 22.3 Å². The number of benzene rings is 11. The average Bonchev–Trinajstić information content (AvgIpc) is 3.38. The van der Waals surface area contributed by atoms with Gasteiger partial charge in [-0.15, -0.1) is 0 Å². The summed E-state index contributed by atoms with van der Waals surface area (Å²) >= 11 is 0. The Bertz CT molecular complexity index is 3560. The number of para-hydroxylation sites is 4. The van der Waals surface area contributed by atoms with E-state index in [0.29, 0.717) is 21.5 Å². The lowest BCUT2D eigenvalue weighted by Crippen LogP contribution is -2.21. The summed E-state index contributed by atoms with van der Waals surface area (Å²) in [4.78, 5) is 59.4. The first-order chi connectivity index (χ1) is 33.4. The van der Waals surface area contributed by atoms with E-state index in [1.54, 1.807) is 12.1 Å². The predicted octanol–water partition coefficient (Wildman–Crippen LogP) is 14.6. The summed E-state index contributed by atoms with van der Waals surface area (Å²) < 4.78 is 10.8. The Morgan fingerprint density at radius 1 is 0.250 bits per heavy atom. The van der Waals surface area contributed by atoms with Crippen molar-refractivity contribution in [1.82, 2.24) is 0 Å². The fourth-order valence-corrected chi connectivity index (χ4v) is 10.4. The van der Waals surface area contributed by atoms with Gasteiger partial charge >= 0.3 is 23.9 Å². The first-order valence-electron chi connectivity index (χ1n) is 22.2. The molecule has 0 N–H and O–H groups in total. The maximum absolute atomic E-state index is 13.9. The molecule has 8 nitrogen and oxygen atoms in total. The summed E-state index contributed by atoms with van der Waals surface area (Å²) in [5.41, 5.74) is 9.95. The smallest absolute Gasteiger partial charge is 0.346 e. The first kappa shape index (κ1) is 39.0. The van der Waals surface area contributed by atoms with Crippen LogP contribution in [-0.4, -0.2) is 23.9 Å². The van der Waals surface area contributed by atoms with Gasteiger partial charge in [-0.25, -0.2) is 19.2 Å². The standard InChI is InChI=1S/C60H34N2O6/c63-57-45-32-30-44-52-48(36-23-27-42(28-24-36)62(39-17-9-3-10-18-39)40-19-11-4-12-20-40)34-50-54-46(58(64)68-60(50)66)31-29-43(56(52)54)51-47(33-49(59(65)67-57)53(45)55(44)51)35-21-25-41(26-22-35)61(37-13-5-1-6-14-37)38-15-7-2-8-16-38/h1-34H. The molecule has 0 atom stereocenters. The van der Waals surface area contributed by atoms with Crippen molar-refractivity contribution < 1.29 is 28.7 Å². The number of carbonyl (C=O) groups excluding carboxylic acids is 4. The molecule has 11 aromatic rings. The molecule has 8 heteroatoms. The number of fused-ring (bicyclic) bond motifs is 2. The van der Waals surface area contributed by atoms with Crippen molar-refractivity contribution in [2.24, 2.45) is 0 Å². The third-order valence-electron chi connectivity index (χ3n) is 13.3. The highest BCUT2D eigenvalue weighted by atomic mass is 16.6. The summed E-state index contributed by atoms with van der Waals surface area (Å²) in [6.07, 6.45) is 0. The molecule has 320 valence electrons. The van der Waals surface area contributed by atoms with Crippen LogP contribution in [0.4, 0.5) is 34.1 Å². The van der Waals surface area contributed by atoms with Crippen molar-refractivity contribution in [2.75, 3.05) is 9.80 Å². The monoisotopic (exact) mass is 878 g/mol. The minimum absolute atomic E-state index is 0.273. The van der Waals surface area contributed by atoms with Gasteiger partial charge in [-0.05, 0) is 152 Å². The van der Waals surface area contributed by atoms with Crippen molar-refractivity contribution in [3.63, 3.8) is 0 Å². The molecule has 0 unspecified atom stereocenters. The highest BCUT2D eigenvalue weighted by Crippen LogP contribution is 2.52. The molecule has 0 spiro atoms. The topological polar surface area (TPSA) is 93.2 Å². The summed E-state index contributed by atoms with van der Waals surface area (Å²) in [7, 11) is 0. The lowest BCUT2D eigenvalue weighted by atomic mass is 9.79. The lowest BCUT2D eigenvalue weighted by Gasteiger charge is -2.27. The predicted molar refractivity (Wildman–Crippen MR) is 267 cm³/mol. The Kier molecular flexibility index (Phi) is 8.65. The summed E-state index contributed by atoms with van der Waals surface area (Å²) in [5.74, 6) is -2.91. The molecule has 2 aliphatic heterocycles. The molecule has 0 aliphatic carbocycles. The van der Waals surface area contributed by atoms with Gasteiger partial charge in [0.25, 0.3) is 0 Å². The van der Waals surface area contributed by atoms with Crippen molar-refractivity contribution in [3.05, 3.63) is 229 Å². The van der Waals surface area contributed by atoms with E-state index >= 15 is 0 Å². The van der Waals surface area contributed by atoms with Crippen molar-refractivity contribution in [1.29, 1.82) is 0 Å². The van der Waals surface area contributed by atoms with E-state index in [1.807, 2.05) is 121 Å². The molecular weight excluding hydrogens is 845 g/mol. The fourth-order valence-electron chi connectivity index (χ4n) is 10.4. The molecule has 11 aromatic carbocycles. The molecule has 2 aliphatic rings. The van der Waals surface area contributed by atoms with E-state index in [9.17, 15) is 19.2 Å². The minimum atomic E-state index is -0.731. The molecule has 68 heavy (non-hydrogen) atoms. The molecule has 0 radical (unpaired) electrons. The van der Waals surface area contributed by atoms with Gasteiger partial charge in [0.15, 0.2) is 0 Å². The van der Waals surface area contributed by atoms with Gasteiger partial charge in [-0.1, -0.05) is 109 Å². The Morgan fingerprint density at radius 3 is 0.868 bits per heavy atom. The van der Waals surface area contributed by atoms with Crippen molar-refractivity contribution in [3.8, 4) is 22.3 Å². The molecule has 0 aromatic heterocycles. The van der Waals surface area contributed by atoms with E-state index in [1.165, 1.54) is 0 Å². The van der Waals surface area contributed by atoms with E-state index in [2.05, 4.69) is 82.6 Å². The molecule has 0 fully saturated rings. The van der Waals surface area contributed by atoms with Gasteiger partial charge in [0, 0.05) is 44.9 Å². The van der Waals surface area contributed by atoms with Crippen LogP contribution in [-0.2, 0) is 9.47 Å². The molecular formula is C60H34N2O6. The number of hydrogen-bond acceptors (Lipinski definition) is 8. The Hall–Kier alpha value is -9.40. The SMILES string of the molecule is O=C1OC(=O)c2cc(-c3ccc(N(c4ccccc4)c4ccccc4)cc3)c3c4ccc5c6c(cc(-c7ccc(N(c8ccccc8)c8ccccc8)cc7)c(c7ccc1c2c73)c64)C(=O)OC5=O. The molecule has 0 saturated carbocycles. The van der Waals surface area contributed by atoms with Gasteiger partial charge < -0.3 is 19.3 Å². The summed E-state index contributed by atoms with van der Waals surface area (Å²) in [6, 6.07) is 67.7. The van der Waals surface area contributed by atoms with Crippen LogP contribution < -0.4 is 9.80 Å². The lowest BCUT2D eigenvalue weighted by molar-refractivity contribution is 0.0373. The van der Waals surface area contributed by atoms with Gasteiger partial charge in [0.05, 0.1) is 22.3 Å². The zero-order valence-corrected chi connectivity index (χ0v) is 36.0. The number of carbonyl (C=O) groups is 4. The third kappa shape index (κ3) is 5.87. The highest BCUT2D eigenvalue weighted by molar-refractivity contribution is 6.43. The second-order valence-electron chi connectivity index (χ2n) is 17.0. The number of ether oxygens (including phenoxy) is 2. The fraction of sp³-hybridized carbons (Fsp3) is 0. The second kappa shape index (κ2) is 15.1. The van der Waals surface area contributed by atoms with Crippen LogP contribution in [0.3, 0.4) is 0 Å². The number of rotatable bonds is 8. The van der Waals surface area contributed by atoms with Crippen LogP contribution in [0.15, 0.2) is 206 Å². The zero-order chi connectivity index (χ0) is 45.6. The summed E-state index contributed by atoms with van der Waals surface area (Å²) in [5, 5.41) is 5.43. The summed E-state index contributed by atoms with van der Waals surface area (Å²) in [6.45, 7) is 0. The largest absolute Gasteiger partial charge is 0.386 e. The Labute approximate surface area is 388 Å². The second-order valence-corrected chi connectivity index (χ2v) is 17.0. The van der Waals surface area contributed by atoms with Gasteiger partial charge in [0.1, 0.15) is 0 Å².